The second-order valence-electron chi connectivity index (χ2n) is 3.96. The van der Waals surface area contributed by atoms with Gasteiger partial charge in [0.05, 0.1) is 12.8 Å². The van der Waals surface area contributed by atoms with Gasteiger partial charge in [0.2, 0.25) is 0 Å². The highest BCUT2D eigenvalue weighted by atomic mass is 16.5. The molecule has 0 unspecified atom stereocenters. The van der Waals surface area contributed by atoms with Crippen LogP contribution in [0, 0.1) is 0 Å². The fraction of sp³-hybridized carbons (Fsp3) is 0.286. The number of rotatable bonds is 5. The molecular formula is C14H17N3O2. The van der Waals surface area contributed by atoms with Crippen molar-refractivity contribution >= 4 is 5.82 Å². The van der Waals surface area contributed by atoms with Crippen LogP contribution in [0.3, 0.4) is 0 Å². The summed E-state index contributed by atoms with van der Waals surface area (Å²) in [4.78, 5) is 8.59. The van der Waals surface area contributed by atoms with Crippen molar-refractivity contribution < 1.29 is 9.47 Å². The van der Waals surface area contributed by atoms with E-state index in [0.29, 0.717) is 24.9 Å². The predicted molar refractivity (Wildman–Crippen MR) is 73.8 cm³/mol. The fourth-order valence-corrected chi connectivity index (χ4v) is 1.69. The third-order valence-corrected chi connectivity index (χ3v) is 2.61. The summed E-state index contributed by atoms with van der Waals surface area (Å²) < 4.78 is 10.4. The number of nitrogens with two attached hydrogens (primary N) is 1. The zero-order valence-corrected chi connectivity index (χ0v) is 11.1. The van der Waals surface area contributed by atoms with E-state index < -0.39 is 0 Å². The summed E-state index contributed by atoms with van der Waals surface area (Å²) in [6.45, 7) is 2.91. The average molecular weight is 259 g/mol. The van der Waals surface area contributed by atoms with Crippen molar-refractivity contribution in [2.75, 3.05) is 19.5 Å². The molecule has 1 aromatic heterocycles. The normalized spacial score (nSPS) is 10.4. The minimum Gasteiger partial charge on any atom is -0.497 e. The Bertz CT molecular complexity index is 541. The van der Waals surface area contributed by atoms with Crippen LogP contribution in [0.25, 0.3) is 11.3 Å². The molecule has 1 aromatic carbocycles. The second-order valence-corrected chi connectivity index (χ2v) is 3.96. The third-order valence-electron chi connectivity index (χ3n) is 2.61. The van der Waals surface area contributed by atoms with Crippen LogP contribution < -0.4 is 10.5 Å². The molecule has 1 heterocycles. The van der Waals surface area contributed by atoms with Crippen LogP contribution in [0.2, 0.25) is 0 Å². The van der Waals surface area contributed by atoms with Gasteiger partial charge in [-0.05, 0) is 31.2 Å². The first-order valence-electron chi connectivity index (χ1n) is 6.08. The lowest BCUT2D eigenvalue weighted by atomic mass is 10.1. The van der Waals surface area contributed by atoms with Crippen LogP contribution in [-0.2, 0) is 11.3 Å². The maximum atomic E-state index is 5.79. The third kappa shape index (κ3) is 3.42. The van der Waals surface area contributed by atoms with Crippen LogP contribution in [0.15, 0.2) is 30.3 Å². The molecule has 19 heavy (non-hydrogen) atoms. The van der Waals surface area contributed by atoms with Crippen LogP contribution in [0.5, 0.6) is 5.75 Å². The molecule has 0 saturated heterocycles. The maximum Gasteiger partial charge on any atom is 0.157 e. The summed E-state index contributed by atoms with van der Waals surface area (Å²) in [5, 5.41) is 0. The maximum absolute atomic E-state index is 5.79. The predicted octanol–water partition coefficient (Wildman–Crippen LogP) is 2.27. The lowest BCUT2D eigenvalue weighted by Crippen LogP contribution is -2.03. The molecule has 0 bridgehead atoms. The van der Waals surface area contributed by atoms with Crippen molar-refractivity contribution in [1.29, 1.82) is 0 Å². The zero-order valence-electron chi connectivity index (χ0n) is 11.1. The largest absolute Gasteiger partial charge is 0.497 e. The molecule has 0 fully saturated rings. The van der Waals surface area contributed by atoms with Gasteiger partial charge in [0.15, 0.2) is 5.82 Å². The minimum atomic E-state index is 0.366. The van der Waals surface area contributed by atoms with E-state index in [4.69, 9.17) is 15.2 Å². The SMILES string of the molecule is CCOCc1nc(N)cc(-c2ccc(OC)cc2)n1. The number of aromatic nitrogens is 2. The highest BCUT2D eigenvalue weighted by molar-refractivity contribution is 5.62. The van der Waals surface area contributed by atoms with Gasteiger partial charge in [0.25, 0.3) is 0 Å². The van der Waals surface area contributed by atoms with Gasteiger partial charge < -0.3 is 15.2 Å². The van der Waals surface area contributed by atoms with E-state index in [9.17, 15) is 0 Å². The summed E-state index contributed by atoms with van der Waals surface area (Å²) >= 11 is 0. The van der Waals surface area contributed by atoms with Crippen LogP contribution in [0.1, 0.15) is 12.7 Å². The first kappa shape index (κ1) is 13.3. The van der Waals surface area contributed by atoms with Gasteiger partial charge in [0.1, 0.15) is 18.2 Å². The molecule has 0 aliphatic rings. The first-order valence-corrected chi connectivity index (χ1v) is 6.08. The van der Waals surface area contributed by atoms with Crippen molar-refractivity contribution in [1.82, 2.24) is 9.97 Å². The van der Waals surface area contributed by atoms with Crippen molar-refractivity contribution in [3.8, 4) is 17.0 Å². The van der Waals surface area contributed by atoms with Crippen molar-refractivity contribution in [3.05, 3.63) is 36.2 Å². The van der Waals surface area contributed by atoms with Crippen LogP contribution in [-0.4, -0.2) is 23.7 Å². The number of ether oxygens (including phenoxy) is 2. The molecule has 0 aliphatic heterocycles. The highest BCUT2D eigenvalue weighted by Crippen LogP contribution is 2.22. The Hall–Kier alpha value is -2.14. The van der Waals surface area contributed by atoms with Crippen LogP contribution >= 0.6 is 0 Å². The smallest absolute Gasteiger partial charge is 0.157 e. The van der Waals surface area contributed by atoms with E-state index >= 15 is 0 Å². The fourth-order valence-electron chi connectivity index (χ4n) is 1.69. The molecule has 0 aliphatic carbocycles. The summed E-state index contributed by atoms with van der Waals surface area (Å²) in [5.74, 6) is 1.84. The second kappa shape index (κ2) is 6.15. The average Bonchev–Trinajstić information content (AvgIpc) is 2.44. The van der Waals surface area contributed by atoms with Gasteiger partial charge >= 0.3 is 0 Å². The molecule has 0 radical (unpaired) electrons. The summed E-state index contributed by atoms with van der Waals surface area (Å²) in [6, 6.07) is 9.39. The Kier molecular flexibility index (Phi) is 4.30. The number of anilines is 1. The lowest BCUT2D eigenvalue weighted by Gasteiger charge is -2.07. The molecule has 100 valence electrons. The number of benzene rings is 1. The van der Waals surface area contributed by atoms with E-state index in [-0.39, 0.29) is 0 Å². The Labute approximate surface area is 112 Å². The highest BCUT2D eigenvalue weighted by Gasteiger charge is 2.05. The molecule has 0 spiro atoms. The Balaban J connectivity index is 2.29. The van der Waals surface area contributed by atoms with Gasteiger partial charge in [-0.15, -0.1) is 0 Å². The van der Waals surface area contributed by atoms with Gasteiger partial charge in [-0.1, -0.05) is 0 Å². The Morgan fingerprint density at radius 1 is 1.16 bits per heavy atom. The van der Waals surface area contributed by atoms with E-state index in [0.717, 1.165) is 17.0 Å². The molecule has 5 heteroatoms. The Morgan fingerprint density at radius 3 is 2.53 bits per heavy atom. The van der Waals surface area contributed by atoms with Crippen LogP contribution in [0.4, 0.5) is 5.82 Å². The molecule has 0 amide bonds. The van der Waals surface area contributed by atoms with E-state index in [1.807, 2.05) is 31.2 Å². The number of hydrogen-bond acceptors (Lipinski definition) is 5. The van der Waals surface area contributed by atoms with Gasteiger partial charge in [-0.3, -0.25) is 0 Å². The quantitative estimate of drug-likeness (QED) is 0.892. The van der Waals surface area contributed by atoms with E-state index in [1.54, 1.807) is 13.2 Å². The van der Waals surface area contributed by atoms with Gasteiger partial charge in [0, 0.05) is 18.2 Å². The van der Waals surface area contributed by atoms with E-state index in [2.05, 4.69) is 9.97 Å². The topological polar surface area (TPSA) is 70.3 Å². The number of methoxy groups -OCH3 is 1. The number of nitrogen functional groups attached to an aromatic ring is 1. The minimum absolute atomic E-state index is 0.366. The zero-order chi connectivity index (χ0) is 13.7. The van der Waals surface area contributed by atoms with Gasteiger partial charge in [-0.2, -0.15) is 0 Å². The Morgan fingerprint density at radius 2 is 1.89 bits per heavy atom. The van der Waals surface area contributed by atoms with Gasteiger partial charge in [-0.25, -0.2) is 9.97 Å². The molecule has 5 nitrogen and oxygen atoms in total. The first-order chi connectivity index (χ1) is 9.22. The molecule has 2 aromatic rings. The summed E-state index contributed by atoms with van der Waals surface area (Å²) in [7, 11) is 1.64. The standard InChI is InChI=1S/C14H17N3O2/c1-3-19-9-14-16-12(8-13(15)17-14)10-4-6-11(18-2)7-5-10/h4-8H,3,9H2,1-2H3,(H2,15,16,17). The number of nitrogens with zero attached hydrogens (tertiary/aromatic N) is 2. The summed E-state index contributed by atoms with van der Waals surface area (Å²) in [5.41, 5.74) is 7.54. The van der Waals surface area contributed by atoms with Crippen molar-refractivity contribution in [2.24, 2.45) is 0 Å². The monoisotopic (exact) mass is 259 g/mol. The number of hydrogen-bond donors (Lipinski definition) is 1. The molecule has 0 saturated carbocycles. The molecule has 2 N–H and O–H groups in total. The van der Waals surface area contributed by atoms with Crippen molar-refractivity contribution in [3.63, 3.8) is 0 Å². The lowest BCUT2D eigenvalue weighted by molar-refractivity contribution is 0.128. The van der Waals surface area contributed by atoms with E-state index in [1.165, 1.54) is 0 Å². The summed E-state index contributed by atoms with van der Waals surface area (Å²) in [6.07, 6.45) is 0. The van der Waals surface area contributed by atoms with Crippen molar-refractivity contribution in [2.45, 2.75) is 13.5 Å². The molecule has 2 rings (SSSR count). The molecule has 0 atom stereocenters. The molecular weight excluding hydrogens is 242 g/mol.